The van der Waals surface area contributed by atoms with Gasteiger partial charge in [-0.05, 0) is 52.7 Å². The van der Waals surface area contributed by atoms with E-state index >= 15 is 0 Å². The Morgan fingerprint density at radius 1 is 1.04 bits per heavy atom. The molecule has 1 fully saturated rings. The van der Waals surface area contributed by atoms with Crippen LogP contribution in [0.2, 0.25) is 0 Å². The van der Waals surface area contributed by atoms with E-state index in [1.807, 2.05) is 11.0 Å². The monoisotopic (exact) mass is 424 g/mol. The molecule has 2 heterocycles. The van der Waals surface area contributed by atoms with Gasteiger partial charge in [0.1, 0.15) is 5.82 Å². The maximum absolute atomic E-state index is 12.7. The Morgan fingerprint density at radius 3 is 2.38 bits per heavy atom. The predicted octanol–water partition coefficient (Wildman–Crippen LogP) is 4.45. The minimum atomic E-state index is -4.37. The van der Waals surface area contributed by atoms with Crippen LogP contribution in [-0.2, 0) is 6.18 Å². The van der Waals surface area contributed by atoms with Gasteiger partial charge in [0.2, 0.25) is 0 Å². The van der Waals surface area contributed by atoms with Crippen LogP contribution in [0.25, 0.3) is 0 Å². The van der Waals surface area contributed by atoms with Crippen LogP contribution in [0.15, 0.2) is 41.0 Å². The van der Waals surface area contributed by atoms with Gasteiger partial charge in [-0.3, -0.25) is 0 Å². The Morgan fingerprint density at radius 2 is 1.77 bits per heavy atom. The lowest BCUT2D eigenvalue weighted by Crippen LogP contribution is -2.31. The van der Waals surface area contributed by atoms with E-state index in [1.165, 1.54) is 6.07 Å². The van der Waals surface area contributed by atoms with E-state index in [1.54, 1.807) is 12.1 Å². The quantitative estimate of drug-likeness (QED) is 0.713. The van der Waals surface area contributed by atoms with Crippen molar-refractivity contribution in [3.05, 3.63) is 52.1 Å². The molecule has 0 bridgehead atoms. The van der Waals surface area contributed by atoms with Gasteiger partial charge in [-0.2, -0.15) is 18.4 Å². The molecule has 4 nitrogen and oxygen atoms in total. The van der Waals surface area contributed by atoms with Crippen LogP contribution < -0.4 is 9.80 Å². The average Bonchev–Trinajstić information content (AvgIpc) is 2.87. The summed E-state index contributed by atoms with van der Waals surface area (Å²) in [5, 5.41) is 8.97. The molecule has 0 N–H and O–H groups in total. The fourth-order valence-corrected chi connectivity index (χ4v) is 3.59. The summed E-state index contributed by atoms with van der Waals surface area (Å²) in [6, 6.07) is 10.1. The summed E-state index contributed by atoms with van der Waals surface area (Å²) in [5.74, 6) is 0.554. The minimum Gasteiger partial charge on any atom is -0.369 e. The van der Waals surface area contributed by atoms with Gasteiger partial charge in [-0.15, -0.1) is 0 Å². The lowest BCUT2D eigenvalue weighted by Gasteiger charge is -2.25. The highest BCUT2D eigenvalue weighted by Gasteiger charge is 2.31. The average molecular weight is 425 g/mol. The van der Waals surface area contributed by atoms with Crippen LogP contribution in [0.1, 0.15) is 17.5 Å². The number of nitrogens with zero attached hydrogens (tertiary/aromatic N) is 4. The normalized spacial score (nSPS) is 15.5. The van der Waals surface area contributed by atoms with Gasteiger partial charge in [0.25, 0.3) is 0 Å². The van der Waals surface area contributed by atoms with Gasteiger partial charge in [0.15, 0.2) is 0 Å². The van der Waals surface area contributed by atoms with Crippen molar-refractivity contribution in [1.82, 2.24) is 4.98 Å². The molecule has 8 heteroatoms. The molecule has 0 radical (unpaired) electrons. The molecular weight excluding hydrogens is 409 g/mol. The molecule has 3 rings (SSSR count). The highest BCUT2D eigenvalue weighted by molar-refractivity contribution is 9.10. The summed E-state index contributed by atoms with van der Waals surface area (Å²) >= 11 is 3.51. The van der Waals surface area contributed by atoms with Crippen molar-refractivity contribution >= 4 is 27.4 Å². The Balaban J connectivity index is 1.71. The van der Waals surface area contributed by atoms with Crippen molar-refractivity contribution < 1.29 is 13.2 Å². The van der Waals surface area contributed by atoms with E-state index in [2.05, 4.69) is 31.9 Å². The van der Waals surface area contributed by atoms with Crippen LogP contribution in [0.3, 0.4) is 0 Å². The molecule has 0 spiro atoms. The number of pyridine rings is 1. The molecule has 1 aliphatic rings. The van der Waals surface area contributed by atoms with Crippen molar-refractivity contribution in [2.75, 3.05) is 36.0 Å². The van der Waals surface area contributed by atoms with Gasteiger partial charge in [0, 0.05) is 36.8 Å². The second-order valence-corrected chi connectivity index (χ2v) is 6.86. The number of hydrogen-bond acceptors (Lipinski definition) is 4. The maximum Gasteiger partial charge on any atom is 0.417 e. The van der Waals surface area contributed by atoms with Gasteiger partial charge in [-0.25, -0.2) is 4.98 Å². The largest absolute Gasteiger partial charge is 0.417 e. The summed E-state index contributed by atoms with van der Waals surface area (Å²) in [6.07, 6.45) is -2.63. The third-order valence-corrected chi connectivity index (χ3v) is 4.95. The number of nitriles is 1. The second kappa shape index (κ2) is 7.54. The van der Waals surface area contributed by atoms with Gasteiger partial charge >= 0.3 is 6.18 Å². The topological polar surface area (TPSA) is 43.2 Å². The Hall–Kier alpha value is -2.27. The number of halogens is 4. The molecular formula is C18H16BrF3N4. The number of benzene rings is 1. The number of rotatable bonds is 2. The van der Waals surface area contributed by atoms with E-state index in [0.29, 0.717) is 24.5 Å². The van der Waals surface area contributed by atoms with Crippen LogP contribution in [0.4, 0.5) is 24.7 Å². The first-order valence-corrected chi connectivity index (χ1v) is 8.90. The number of hydrogen-bond donors (Lipinski definition) is 0. The fraction of sp³-hybridized carbons (Fsp3) is 0.333. The number of anilines is 2. The molecule has 0 atom stereocenters. The second-order valence-electron chi connectivity index (χ2n) is 6.01. The first-order valence-electron chi connectivity index (χ1n) is 8.11. The van der Waals surface area contributed by atoms with Crippen LogP contribution in [0.5, 0.6) is 0 Å². The van der Waals surface area contributed by atoms with Crippen molar-refractivity contribution in [1.29, 1.82) is 5.26 Å². The van der Waals surface area contributed by atoms with E-state index in [0.717, 1.165) is 41.9 Å². The Labute approximate surface area is 158 Å². The predicted molar refractivity (Wildman–Crippen MR) is 97.1 cm³/mol. The summed E-state index contributed by atoms with van der Waals surface area (Å²) in [5.41, 5.74) is 0.858. The van der Waals surface area contributed by atoms with Crippen LogP contribution in [-0.4, -0.2) is 31.2 Å². The zero-order valence-corrected chi connectivity index (χ0v) is 15.4. The first kappa shape index (κ1) is 18.5. The first-order chi connectivity index (χ1) is 12.4. The zero-order valence-electron chi connectivity index (χ0n) is 13.8. The Kier molecular flexibility index (Phi) is 5.37. The van der Waals surface area contributed by atoms with Gasteiger partial charge < -0.3 is 9.80 Å². The SMILES string of the molecule is N#Cc1ccc(N2CCCN(c3ccc(C(F)(F)F)cn3)CC2)c(Br)c1. The Bertz CT molecular complexity index is 815. The van der Waals surface area contributed by atoms with Crippen LogP contribution in [0, 0.1) is 11.3 Å². The van der Waals surface area contributed by atoms with E-state index in [9.17, 15) is 13.2 Å². The zero-order chi connectivity index (χ0) is 18.7. The van der Waals surface area contributed by atoms with Gasteiger partial charge in [-0.1, -0.05) is 0 Å². The van der Waals surface area contributed by atoms with Crippen LogP contribution >= 0.6 is 15.9 Å². The molecule has 0 aliphatic carbocycles. The molecule has 0 saturated carbocycles. The van der Waals surface area contributed by atoms with E-state index < -0.39 is 11.7 Å². The molecule has 0 unspecified atom stereocenters. The molecule has 0 amide bonds. The fourth-order valence-electron chi connectivity index (χ4n) is 2.96. The third kappa shape index (κ3) is 4.10. The third-order valence-electron chi connectivity index (χ3n) is 4.31. The standard InChI is InChI=1S/C18H16BrF3N4/c19-15-10-13(11-23)2-4-16(15)25-6-1-7-26(9-8-25)17-5-3-14(12-24-17)18(20,21)22/h2-5,10,12H,1,6-9H2. The highest BCUT2D eigenvalue weighted by atomic mass is 79.9. The molecule has 26 heavy (non-hydrogen) atoms. The molecule has 1 aliphatic heterocycles. The summed E-state index contributed by atoms with van der Waals surface area (Å²) in [6.45, 7) is 2.92. The number of aromatic nitrogens is 1. The number of alkyl halides is 3. The van der Waals surface area contributed by atoms with Crippen molar-refractivity contribution in [2.24, 2.45) is 0 Å². The molecule has 1 aromatic carbocycles. The molecule has 2 aromatic rings. The summed E-state index contributed by atoms with van der Waals surface area (Å²) < 4.78 is 38.9. The lowest BCUT2D eigenvalue weighted by molar-refractivity contribution is -0.137. The van der Waals surface area contributed by atoms with E-state index in [4.69, 9.17) is 5.26 Å². The molecule has 1 aromatic heterocycles. The molecule has 1 saturated heterocycles. The minimum absolute atomic E-state index is 0.554. The van der Waals surface area contributed by atoms with Gasteiger partial charge in [0.05, 0.1) is 22.9 Å². The van der Waals surface area contributed by atoms with Crippen molar-refractivity contribution in [3.63, 3.8) is 0 Å². The summed E-state index contributed by atoms with van der Waals surface area (Å²) in [4.78, 5) is 8.19. The van der Waals surface area contributed by atoms with E-state index in [-0.39, 0.29) is 0 Å². The smallest absolute Gasteiger partial charge is 0.369 e. The van der Waals surface area contributed by atoms with Crippen molar-refractivity contribution in [3.8, 4) is 6.07 Å². The highest BCUT2D eigenvalue weighted by Crippen LogP contribution is 2.30. The van der Waals surface area contributed by atoms with Crippen molar-refractivity contribution in [2.45, 2.75) is 12.6 Å². The summed E-state index contributed by atoms with van der Waals surface area (Å²) in [7, 11) is 0. The maximum atomic E-state index is 12.7. The lowest BCUT2D eigenvalue weighted by atomic mass is 10.2. The molecule has 136 valence electrons.